The van der Waals surface area contributed by atoms with Crippen LogP contribution in [0.15, 0.2) is 48.5 Å². The molecule has 0 spiro atoms. The van der Waals surface area contributed by atoms with Crippen molar-refractivity contribution in [2.75, 3.05) is 0 Å². The Morgan fingerprint density at radius 2 is 1.96 bits per heavy atom. The molecule has 1 atom stereocenters. The van der Waals surface area contributed by atoms with E-state index in [0.717, 1.165) is 11.1 Å². The standard InChI is InChI=1S/C20H16N2O3/c21-12-20(8-9-20)22-18(23)14-6-7-16-15(10-14)11-17(25-19(16)24)13-4-2-1-3-5-13/h1-7,10,17H,8-9,11H2,(H,22,23)/t17-/m1/s1. The third kappa shape index (κ3) is 2.87. The number of carbonyl (C=O) groups excluding carboxylic acids is 2. The van der Waals surface area contributed by atoms with Crippen LogP contribution >= 0.6 is 0 Å². The van der Waals surface area contributed by atoms with Gasteiger partial charge < -0.3 is 10.1 Å². The van der Waals surface area contributed by atoms with Crippen LogP contribution in [-0.4, -0.2) is 17.4 Å². The second-order valence-electron chi connectivity index (χ2n) is 6.53. The van der Waals surface area contributed by atoms with Crippen LogP contribution in [0.2, 0.25) is 0 Å². The molecule has 124 valence electrons. The van der Waals surface area contributed by atoms with E-state index < -0.39 is 5.54 Å². The number of benzene rings is 2. The fourth-order valence-electron chi connectivity index (χ4n) is 3.07. The van der Waals surface area contributed by atoms with Crippen molar-refractivity contribution in [2.45, 2.75) is 30.9 Å². The molecule has 0 radical (unpaired) electrons. The number of esters is 1. The highest BCUT2D eigenvalue weighted by atomic mass is 16.5. The Balaban J connectivity index is 1.60. The highest BCUT2D eigenvalue weighted by molar-refractivity contribution is 5.98. The number of nitrogens with one attached hydrogen (secondary N) is 1. The predicted octanol–water partition coefficient (Wildman–Crippen LogP) is 2.93. The number of cyclic esters (lactones) is 1. The molecule has 2 aromatic carbocycles. The van der Waals surface area contributed by atoms with Gasteiger partial charge in [0.2, 0.25) is 0 Å². The maximum Gasteiger partial charge on any atom is 0.339 e. The molecule has 1 N–H and O–H groups in total. The number of amides is 1. The van der Waals surface area contributed by atoms with Crippen LogP contribution in [0.4, 0.5) is 0 Å². The summed E-state index contributed by atoms with van der Waals surface area (Å²) in [5, 5.41) is 11.9. The molecule has 1 aliphatic carbocycles. The largest absolute Gasteiger partial charge is 0.454 e. The van der Waals surface area contributed by atoms with Gasteiger partial charge in [0.05, 0.1) is 11.6 Å². The van der Waals surface area contributed by atoms with Gasteiger partial charge in [0.15, 0.2) is 0 Å². The van der Waals surface area contributed by atoms with Crippen LogP contribution in [-0.2, 0) is 11.2 Å². The van der Waals surface area contributed by atoms with Gasteiger partial charge in [0, 0.05) is 12.0 Å². The summed E-state index contributed by atoms with van der Waals surface area (Å²) in [4.78, 5) is 24.7. The lowest BCUT2D eigenvalue weighted by Crippen LogP contribution is -2.35. The molecule has 0 bridgehead atoms. The van der Waals surface area contributed by atoms with E-state index in [0.29, 0.717) is 30.4 Å². The maximum atomic E-state index is 12.4. The summed E-state index contributed by atoms with van der Waals surface area (Å²) in [6.07, 6.45) is 1.54. The fourth-order valence-corrected chi connectivity index (χ4v) is 3.07. The van der Waals surface area contributed by atoms with Gasteiger partial charge in [-0.2, -0.15) is 5.26 Å². The van der Waals surface area contributed by atoms with Crippen molar-refractivity contribution in [3.05, 3.63) is 70.8 Å². The van der Waals surface area contributed by atoms with E-state index in [-0.39, 0.29) is 18.0 Å². The number of rotatable bonds is 3. The minimum atomic E-state index is -0.710. The first-order chi connectivity index (χ1) is 12.1. The van der Waals surface area contributed by atoms with E-state index in [9.17, 15) is 9.59 Å². The zero-order chi connectivity index (χ0) is 17.4. The predicted molar refractivity (Wildman–Crippen MR) is 89.8 cm³/mol. The first-order valence-corrected chi connectivity index (χ1v) is 8.23. The number of ether oxygens (including phenoxy) is 1. The zero-order valence-electron chi connectivity index (χ0n) is 13.5. The minimum Gasteiger partial charge on any atom is -0.454 e. The summed E-state index contributed by atoms with van der Waals surface area (Å²) in [6.45, 7) is 0. The lowest BCUT2D eigenvalue weighted by Gasteiger charge is -2.25. The molecule has 1 amide bonds. The van der Waals surface area contributed by atoms with Crippen LogP contribution in [0, 0.1) is 11.3 Å². The molecular weight excluding hydrogens is 316 g/mol. The van der Waals surface area contributed by atoms with Gasteiger partial charge in [-0.05, 0) is 42.2 Å². The molecule has 1 heterocycles. The van der Waals surface area contributed by atoms with Crippen molar-refractivity contribution in [1.82, 2.24) is 5.32 Å². The molecule has 1 saturated carbocycles. The van der Waals surface area contributed by atoms with Crippen molar-refractivity contribution >= 4 is 11.9 Å². The number of fused-ring (bicyclic) bond motifs is 1. The normalized spacial score (nSPS) is 20.0. The molecule has 5 heteroatoms. The van der Waals surface area contributed by atoms with Crippen LogP contribution in [0.1, 0.15) is 50.8 Å². The van der Waals surface area contributed by atoms with Gasteiger partial charge in [-0.1, -0.05) is 30.3 Å². The average Bonchev–Trinajstić information content (AvgIpc) is 3.42. The van der Waals surface area contributed by atoms with Gasteiger partial charge in [-0.15, -0.1) is 0 Å². The quantitative estimate of drug-likeness (QED) is 0.877. The molecular formula is C20H16N2O3. The maximum absolute atomic E-state index is 12.4. The van der Waals surface area contributed by atoms with Crippen LogP contribution in [0.3, 0.4) is 0 Å². The zero-order valence-corrected chi connectivity index (χ0v) is 13.5. The molecule has 5 nitrogen and oxygen atoms in total. The monoisotopic (exact) mass is 332 g/mol. The van der Waals surface area contributed by atoms with Gasteiger partial charge >= 0.3 is 5.97 Å². The highest BCUT2D eigenvalue weighted by Gasteiger charge is 2.44. The molecule has 0 unspecified atom stereocenters. The molecule has 25 heavy (non-hydrogen) atoms. The summed E-state index contributed by atoms with van der Waals surface area (Å²) in [7, 11) is 0. The molecule has 2 aliphatic rings. The average molecular weight is 332 g/mol. The first kappa shape index (κ1) is 15.4. The minimum absolute atomic E-state index is 0.281. The van der Waals surface area contributed by atoms with Crippen molar-refractivity contribution in [3.8, 4) is 6.07 Å². The van der Waals surface area contributed by atoms with Gasteiger partial charge in [0.1, 0.15) is 11.6 Å². The summed E-state index contributed by atoms with van der Waals surface area (Å²) >= 11 is 0. The Labute approximate surface area is 145 Å². The smallest absolute Gasteiger partial charge is 0.339 e. The molecule has 0 aromatic heterocycles. The molecule has 2 aromatic rings. The SMILES string of the molecule is N#CC1(NC(=O)c2ccc3c(c2)C[C@H](c2ccccc2)OC3=O)CC1. The number of nitrogens with zero attached hydrogens (tertiary/aromatic N) is 1. The van der Waals surface area contributed by atoms with Crippen LogP contribution < -0.4 is 5.32 Å². The van der Waals surface area contributed by atoms with Crippen molar-refractivity contribution in [3.63, 3.8) is 0 Å². The molecule has 4 rings (SSSR count). The van der Waals surface area contributed by atoms with Gasteiger partial charge in [-0.25, -0.2) is 4.79 Å². The number of hydrogen-bond acceptors (Lipinski definition) is 4. The summed E-state index contributed by atoms with van der Waals surface area (Å²) in [6, 6.07) is 16.7. The van der Waals surface area contributed by atoms with Gasteiger partial charge in [-0.3, -0.25) is 4.79 Å². The second-order valence-corrected chi connectivity index (χ2v) is 6.53. The second kappa shape index (κ2) is 5.75. The van der Waals surface area contributed by atoms with Crippen molar-refractivity contribution in [1.29, 1.82) is 5.26 Å². The number of hydrogen-bond donors (Lipinski definition) is 1. The van der Waals surface area contributed by atoms with Crippen LogP contribution in [0.25, 0.3) is 0 Å². The Kier molecular flexibility index (Phi) is 3.54. The number of carbonyl (C=O) groups is 2. The van der Waals surface area contributed by atoms with E-state index in [1.165, 1.54) is 0 Å². The Hall–Kier alpha value is -3.13. The Bertz CT molecular complexity index is 895. The summed E-state index contributed by atoms with van der Waals surface area (Å²) in [5.41, 5.74) is 1.96. The lowest BCUT2D eigenvalue weighted by molar-refractivity contribution is 0.0252. The summed E-state index contributed by atoms with van der Waals surface area (Å²) in [5.74, 6) is -0.658. The number of nitriles is 1. The third-order valence-electron chi connectivity index (χ3n) is 4.73. The van der Waals surface area contributed by atoms with E-state index >= 15 is 0 Å². The van der Waals surface area contributed by atoms with E-state index in [1.807, 2.05) is 30.3 Å². The van der Waals surface area contributed by atoms with Crippen LogP contribution in [0.5, 0.6) is 0 Å². The van der Waals surface area contributed by atoms with Gasteiger partial charge in [0.25, 0.3) is 5.91 Å². The molecule has 1 aliphatic heterocycles. The topological polar surface area (TPSA) is 79.2 Å². The van der Waals surface area contributed by atoms with Crippen molar-refractivity contribution < 1.29 is 14.3 Å². The van der Waals surface area contributed by atoms with E-state index in [2.05, 4.69) is 11.4 Å². The first-order valence-electron chi connectivity index (χ1n) is 8.23. The fraction of sp³-hybridized carbons (Fsp3) is 0.250. The Morgan fingerprint density at radius 3 is 2.64 bits per heavy atom. The van der Waals surface area contributed by atoms with E-state index in [1.54, 1.807) is 18.2 Å². The highest BCUT2D eigenvalue weighted by Crippen LogP contribution is 2.35. The lowest BCUT2D eigenvalue weighted by atomic mass is 9.93. The molecule has 0 saturated heterocycles. The molecule has 1 fully saturated rings. The third-order valence-corrected chi connectivity index (χ3v) is 4.73. The van der Waals surface area contributed by atoms with Crippen molar-refractivity contribution in [2.24, 2.45) is 0 Å². The van der Waals surface area contributed by atoms with E-state index in [4.69, 9.17) is 10.00 Å². The summed E-state index contributed by atoms with van der Waals surface area (Å²) < 4.78 is 5.52. The Morgan fingerprint density at radius 1 is 1.20 bits per heavy atom.